The van der Waals surface area contributed by atoms with Gasteiger partial charge in [0.25, 0.3) is 0 Å². The number of ketones is 1. The maximum absolute atomic E-state index is 11.4. The summed E-state index contributed by atoms with van der Waals surface area (Å²) in [4.78, 5) is 11.4. The van der Waals surface area contributed by atoms with Crippen LogP contribution in [-0.4, -0.2) is 20.8 Å². The first-order chi connectivity index (χ1) is 6.99. The second-order valence-corrected chi connectivity index (χ2v) is 4.08. The maximum atomic E-state index is 11.4. The van der Waals surface area contributed by atoms with Crippen LogP contribution in [-0.2, 0) is 14.5 Å². The van der Waals surface area contributed by atoms with Crippen molar-refractivity contribution in [1.29, 1.82) is 0 Å². The van der Waals surface area contributed by atoms with Crippen LogP contribution in [0, 0.1) is 0 Å². The first-order valence-electron chi connectivity index (χ1n) is 4.24. The number of carbonyl (C=O) groups excluding carboxylic acids is 1. The summed E-state index contributed by atoms with van der Waals surface area (Å²) in [5, 5.41) is 4.60. The molecule has 1 aromatic rings. The number of benzene rings is 1. The Hall–Kier alpha value is -0.643. The molecule has 0 heterocycles. The van der Waals surface area contributed by atoms with Crippen LogP contribution in [0.25, 0.3) is 0 Å². The summed E-state index contributed by atoms with van der Waals surface area (Å²) < 4.78 is 25.0. The van der Waals surface area contributed by atoms with E-state index in [1.807, 2.05) is 0 Å². The molecule has 0 aliphatic heterocycles. The summed E-state index contributed by atoms with van der Waals surface area (Å²) in [6, 6.07) is 8.55. The van der Waals surface area contributed by atoms with Crippen molar-refractivity contribution >= 4 is 16.1 Å². The molecule has 1 aromatic carbocycles. The normalized spacial score (nSPS) is 10.6. The molecule has 0 saturated carbocycles. The molecule has 0 atom stereocenters. The van der Waals surface area contributed by atoms with Crippen LogP contribution in [0.2, 0.25) is 0 Å². The van der Waals surface area contributed by atoms with E-state index in [0.29, 0.717) is 5.56 Å². The minimum absolute atomic E-state index is 0. The largest absolute Gasteiger partial charge is 1.00 e. The summed E-state index contributed by atoms with van der Waals surface area (Å²) in [7, 11) is -3.95. The van der Waals surface area contributed by atoms with Gasteiger partial charge in [-0.05, 0) is 0 Å². The summed E-state index contributed by atoms with van der Waals surface area (Å²) in [6.45, 7) is -0.230. The van der Waals surface area contributed by atoms with E-state index in [2.05, 4.69) is 9.32 Å². The van der Waals surface area contributed by atoms with Crippen molar-refractivity contribution in [2.75, 3.05) is 6.61 Å². The minimum Gasteiger partial charge on any atom is -1.00 e. The van der Waals surface area contributed by atoms with Crippen molar-refractivity contribution in [2.24, 2.45) is 5.14 Å². The van der Waals surface area contributed by atoms with Crippen LogP contribution >= 0.6 is 0 Å². The van der Waals surface area contributed by atoms with Crippen molar-refractivity contribution < 1.29 is 37.7 Å². The fourth-order valence-corrected chi connectivity index (χ4v) is 1.33. The first kappa shape index (κ1) is 15.4. The van der Waals surface area contributed by atoms with Crippen LogP contribution in [0.4, 0.5) is 0 Å². The SMILES string of the molecule is NS(=O)(=O)OCCC(=O)c1ccccc1.[H-].[Li+]. The zero-order valence-corrected chi connectivity index (χ0v) is 9.74. The third-order valence-electron chi connectivity index (χ3n) is 1.67. The number of nitrogens with two attached hydrogens (primary N) is 1. The molecule has 0 fully saturated rings. The van der Waals surface area contributed by atoms with Gasteiger partial charge in [0, 0.05) is 12.0 Å². The third kappa shape index (κ3) is 6.05. The standard InChI is InChI=1S/C9H11NO4S.Li.H/c10-15(12,13)14-7-6-9(11)8-4-2-1-3-5-8;;/h1-5H,6-7H2,(H2,10,12,13);;/q;+1;-1. The predicted octanol–water partition coefficient (Wildman–Crippen LogP) is -2.40. The summed E-state index contributed by atoms with van der Waals surface area (Å²) >= 11 is 0. The van der Waals surface area contributed by atoms with E-state index in [1.165, 1.54) is 0 Å². The molecule has 0 aliphatic carbocycles. The van der Waals surface area contributed by atoms with Gasteiger partial charge in [0.2, 0.25) is 0 Å². The first-order valence-corrected chi connectivity index (χ1v) is 5.71. The molecule has 2 N–H and O–H groups in total. The molecule has 16 heavy (non-hydrogen) atoms. The van der Waals surface area contributed by atoms with Crippen LogP contribution in [0.1, 0.15) is 18.2 Å². The number of rotatable bonds is 5. The molecular weight excluding hydrogens is 225 g/mol. The van der Waals surface area contributed by atoms with E-state index >= 15 is 0 Å². The van der Waals surface area contributed by atoms with Gasteiger partial charge < -0.3 is 1.43 Å². The second kappa shape index (κ2) is 6.84. The van der Waals surface area contributed by atoms with Crippen LogP contribution in [0.5, 0.6) is 0 Å². The number of Topliss-reactive ketones (excluding diaryl/α,β-unsaturated/α-hetero) is 1. The quantitative estimate of drug-likeness (QED) is 0.456. The molecule has 0 saturated heterocycles. The van der Waals surface area contributed by atoms with Crippen molar-refractivity contribution in [2.45, 2.75) is 6.42 Å². The molecule has 0 spiro atoms. The monoisotopic (exact) mass is 237 g/mol. The molecule has 0 aliphatic rings. The Labute approximate surface area is 108 Å². The van der Waals surface area contributed by atoms with E-state index in [-0.39, 0.29) is 39.1 Å². The fraction of sp³-hybridized carbons (Fsp3) is 0.222. The topological polar surface area (TPSA) is 86.5 Å². The molecule has 84 valence electrons. The van der Waals surface area contributed by atoms with E-state index < -0.39 is 10.3 Å². The summed E-state index contributed by atoms with van der Waals surface area (Å²) in [6.07, 6.45) is -0.0134. The molecule has 0 unspecified atom stereocenters. The molecule has 0 radical (unpaired) electrons. The fourth-order valence-electron chi connectivity index (χ4n) is 1.02. The average Bonchev–Trinajstić information content (AvgIpc) is 2.17. The van der Waals surface area contributed by atoms with Crippen LogP contribution < -0.4 is 24.0 Å². The van der Waals surface area contributed by atoms with E-state index in [4.69, 9.17) is 0 Å². The Morgan fingerprint density at radius 2 is 1.88 bits per heavy atom. The molecule has 0 aromatic heterocycles. The zero-order valence-electron chi connectivity index (χ0n) is 9.92. The molecule has 0 amide bonds. The predicted molar refractivity (Wildman–Crippen MR) is 55.6 cm³/mol. The Morgan fingerprint density at radius 3 is 2.38 bits per heavy atom. The molecular formula is C9H12LiNO4S. The Morgan fingerprint density at radius 1 is 1.31 bits per heavy atom. The van der Waals surface area contributed by atoms with Gasteiger partial charge >= 0.3 is 29.2 Å². The van der Waals surface area contributed by atoms with Gasteiger partial charge in [-0.25, -0.2) is 5.14 Å². The zero-order chi connectivity index (χ0) is 11.3. The number of hydrogen-bond acceptors (Lipinski definition) is 4. The van der Waals surface area contributed by atoms with Crippen molar-refractivity contribution in [3.05, 3.63) is 35.9 Å². The van der Waals surface area contributed by atoms with Gasteiger partial charge in [-0.15, -0.1) is 0 Å². The van der Waals surface area contributed by atoms with Gasteiger partial charge in [0.1, 0.15) is 0 Å². The number of carbonyl (C=O) groups is 1. The van der Waals surface area contributed by atoms with Crippen LogP contribution in [0.3, 0.4) is 0 Å². The molecule has 0 bridgehead atoms. The van der Waals surface area contributed by atoms with Gasteiger partial charge in [0.05, 0.1) is 6.61 Å². The van der Waals surface area contributed by atoms with Crippen molar-refractivity contribution in [3.63, 3.8) is 0 Å². The summed E-state index contributed by atoms with van der Waals surface area (Å²) in [5.74, 6) is -0.181. The Bertz CT molecular complexity index is 438. The van der Waals surface area contributed by atoms with E-state index in [9.17, 15) is 13.2 Å². The van der Waals surface area contributed by atoms with Gasteiger partial charge in [-0.1, -0.05) is 30.3 Å². The van der Waals surface area contributed by atoms with Crippen molar-refractivity contribution in [3.8, 4) is 0 Å². The van der Waals surface area contributed by atoms with Gasteiger partial charge in [-0.3, -0.25) is 8.98 Å². The van der Waals surface area contributed by atoms with Crippen molar-refractivity contribution in [1.82, 2.24) is 0 Å². The van der Waals surface area contributed by atoms with E-state index in [0.717, 1.165) is 0 Å². The Balaban J connectivity index is 0. The van der Waals surface area contributed by atoms with Crippen LogP contribution in [0.15, 0.2) is 30.3 Å². The van der Waals surface area contributed by atoms with Gasteiger partial charge in [-0.2, -0.15) is 8.42 Å². The van der Waals surface area contributed by atoms with E-state index in [1.54, 1.807) is 30.3 Å². The average molecular weight is 237 g/mol. The smallest absolute Gasteiger partial charge is 1.00 e. The number of hydrogen-bond donors (Lipinski definition) is 1. The second-order valence-electron chi connectivity index (χ2n) is 2.85. The molecule has 5 nitrogen and oxygen atoms in total. The maximum Gasteiger partial charge on any atom is 1.00 e. The third-order valence-corrected chi connectivity index (χ3v) is 2.17. The minimum atomic E-state index is -3.95. The summed E-state index contributed by atoms with van der Waals surface area (Å²) in [5.41, 5.74) is 0.524. The molecule has 1 rings (SSSR count). The van der Waals surface area contributed by atoms with Gasteiger partial charge in [0.15, 0.2) is 5.78 Å². The Kier molecular flexibility index (Phi) is 6.56. The molecule has 7 heteroatoms.